The van der Waals surface area contributed by atoms with Crippen molar-refractivity contribution in [2.24, 2.45) is 5.73 Å². The maximum absolute atomic E-state index is 11.9. The molecule has 2 rings (SSSR count). The highest BCUT2D eigenvalue weighted by Crippen LogP contribution is 2.04. The zero-order valence-corrected chi connectivity index (χ0v) is 11.5. The standard InChI is InChI=1S/C14H14N4OS/c15-9-11-7-4-8-12(16-11)17-14(20)18-13(19)10-5-2-1-3-6-10/h1-8H,9,15H2,(H2,16,17,18,19,20). The van der Waals surface area contributed by atoms with E-state index in [-0.39, 0.29) is 11.0 Å². The minimum Gasteiger partial charge on any atom is -0.325 e. The Morgan fingerprint density at radius 2 is 1.90 bits per heavy atom. The van der Waals surface area contributed by atoms with Crippen molar-refractivity contribution in [3.8, 4) is 0 Å². The van der Waals surface area contributed by atoms with Gasteiger partial charge in [-0.05, 0) is 36.5 Å². The first-order valence-corrected chi connectivity index (χ1v) is 6.43. The summed E-state index contributed by atoms with van der Waals surface area (Å²) in [5, 5.41) is 5.64. The Labute approximate surface area is 122 Å². The Balaban J connectivity index is 1.97. The van der Waals surface area contributed by atoms with E-state index < -0.39 is 0 Å². The number of thiocarbonyl (C=S) groups is 1. The summed E-state index contributed by atoms with van der Waals surface area (Å²) in [4.78, 5) is 16.1. The van der Waals surface area contributed by atoms with Gasteiger partial charge in [0.05, 0.1) is 5.69 Å². The summed E-state index contributed by atoms with van der Waals surface area (Å²) >= 11 is 5.08. The molecule has 2 aromatic rings. The quantitative estimate of drug-likeness (QED) is 0.748. The molecule has 0 spiro atoms. The van der Waals surface area contributed by atoms with Gasteiger partial charge in [0.2, 0.25) is 0 Å². The number of pyridine rings is 1. The first-order chi connectivity index (χ1) is 9.69. The molecule has 0 fully saturated rings. The average molecular weight is 286 g/mol. The number of aromatic nitrogens is 1. The molecule has 0 aliphatic rings. The van der Waals surface area contributed by atoms with Gasteiger partial charge in [0.15, 0.2) is 5.11 Å². The number of amides is 1. The molecule has 0 radical (unpaired) electrons. The molecule has 0 aliphatic heterocycles. The van der Waals surface area contributed by atoms with E-state index in [4.69, 9.17) is 18.0 Å². The van der Waals surface area contributed by atoms with Gasteiger partial charge in [-0.3, -0.25) is 10.1 Å². The predicted molar refractivity (Wildman–Crippen MR) is 82.3 cm³/mol. The van der Waals surface area contributed by atoms with Gasteiger partial charge in [-0.1, -0.05) is 24.3 Å². The summed E-state index contributed by atoms with van der Waals surface area (Å²) in [6.45, 7) is 0.346. The van der Waals surface area contributed by atoms with Crippen LogP contribution < -0.4 is 16.4 Å². The van der Waals surface area contributed by atoms with Crippen LogP contribution in [0.3, 0.4) is 0 Å². The molecule has 1 heterocycles. The minimum absolute atomic E-state index is 0.195. The van der Waals surface area contributed by atoms with E-state index in [0.717, 1.165) is 5.69 Å². The largest absolute Gasteiger partial charge is 0.325 e. The number of nitrogens with two attached hydrogens (primary N) is 1. The minimum atomic E-state index is -0.266. The third-order valence-electron chi connectivity index (χ3n) is 2.52. The second kappa shape index (κ2) is 6.74. The summed E-state index contributed by atoms with van der Waals surface area (Å²) in [5.41, 5.74) is 6.80. The Hall–Kier alpha value is -2.31. The molecule has 1 amide bonds. The lowest BCUT2D eigenvalue weighted by atomic mass is 10.2. The van der Waals surface area contributed by atoms with Gasteiger partial charge in [0, 0.05) is 12.1 Å². The molecule has 102 valence electrons. The SMILES string of the molecule is NCc1cccc(NC(=S)NC(=O)c2ccccc2)n1. The Morgan fingerprint density at radius 3 is 2.60 bits per heavy atom. The highest BCUT2D eigenvalue weighted by molar-refractivity contribution is 7.80. The second-order valence-electron chi connectivity index (χ2n) is 3.99. The van der Waals surface area contributed by atoms with Gasteiger partial charge in [0.25, 0.3) is 5.91 Å². The molecule has 5 nitrogen and oxygen atoms in total. The molecule has 20 heavy (non-hydrogen) atoms. The zero-order chi connectivity index (χ0) is 14.4. The van der Waals surface area contributed by atoms with Crippen molar-refractivity contribution >= 4 is 29.1 Å². The van der Waals surface area contributed by atoms with E-state index in [1.54, 1.807) is 30.3 Å². The number of rotatable bonds is 3. The van der Waals surface area contributed by atoms with Crippen LogP contribution in [0.4, 0.5) is 5.82 Å². The molecule has 0 atom stereocenters. The number of hydrogen-bond acceptors (Lipinski definition) is 4. The molecule has 0 bridgehead atoms. The number of carbonyl (C=O) groups is 1. The molecule has 1 aromatic carbocycles. The number of hydrogen-bond donors (Lipinski definition) is 3. The lowest BCUT2D eigenvalue weighted by Crippen LogP contribution is -2.34. The number of nitrogens with one attached hydrogen (secondary N) is 2. The van der Waals surface area contributed by atoms with E-state index in [1.807, 2.05) is 18.2 Å². The normalized spacial score (nSPS) is 9.85. The molecular formula is C14H14N4OS. The molecule has 4 N–H and O–H groups in total. The highest BCUT2D eigenvalue weighted by atomic mass is 32.1. The van der Waals surface area contributed by atoms with Crippen LogP contribution in [0.5, 0.6) is 0 Å². The van der Waals surface area contributed by atoms with E-state index in [9.17, 15) is 4.79 Å². The average Bonchev–Trinajstić information content (AvgIpc) is 2.48. The van der Waals surface area contributed by atoms with Crippen molar-refractivity contribution in [3.05, 3.63) is 59.8 Å². The fourth-order valence-corrected chi connectivity index (χ4v) is 1.77. The molecule has 6 heteroatoms. The van der Waals surface area contributed by atoms with E-state index in [0.29, 0.717) is 17.9 Å². The van der Waals surface area contributed by atoms with Crippen molar-refractivity contribution < 1.29 is 4.79 Å². The fraction of sp³-hybridized carbons (Fsp3) is 0.0714. The maximum atomic E-state index is 11.9. The lowest BCUT2D eigenvalue weighted by Gasteiger charge is -2.09. The third-order valence-corrected chi connectivity index (χ3v) is 2.72. The molecule has 1 aromatic heterocycles. The summed E-state index contributed by atoms with van der Waals surface area (Å²) < 4.78 is 0. The van der Waals surface area contributed by atoms with Crippen LogP contribution in [0.1, 0.15) is 16.1 Å². The topological polar surface area (TPSA) is 80.0 Å². The van der Waals surface area contributed by atoms with Crippen LogP contribution in [0, 0.1) is 0 Å². The molecule has 0 aliphatic carbocycles. The zero-order valence-electron chi connectivity index (χ0n) is 10.7. The van der Waals surface area contributed by atoms with Gasteiger partial charge in [0.1, 0.15) is 5.82 Å². The van der Waals surface area contributed by atoms with Gasteiger partial charge >= 0.3 is 0 Å². The monoisotopic (exact) mass is 286 g/mol. The van der Waals surface area contributed by atoms with Crippen molar-refractivity contribution in [2.75, 3.05) is 5.32 Å². The highest BCUT2D eigenvalue weighted by Gasteiger charge is 2.07. The van der Waals surface area contributed by atoms with Crippen LogP contribution in [0.2, 0.25) is 0 Å². The van der Waals surface area contributed by atoms with E-state index >= 15 is 0 Å². The summed E-state index contributed by atoms with van der Waals surface area (Å²) in [6.07, 6.45) is 0. The Bertz CT molecular complexity index is 616. The van der Waals surface area contributed by atoms with E-state index in [1.165, 1.54) is 0 Å². The summed E-state index contributed by atoms with van der Waals surface area (Å²) in [7, 11) is 0. The predicted octanol–water partition coefficient (Wildman–Crippen LogP) is 1.67. The number of carbonyl (C=O) groups excluding carboxylic acids is 1. The third kappa shape index (κ3) is 3.84. The van der Waals surface area contributed by atoms with Crippen molar-refractivity contribution in [2.45, 2.75) is 6.54 Å². The summed E-state index contributed by atoms with van der Waals surface area (Å²) in [5.74, 6) is 0.282. The van der Waals surface area contributed by atoms with Crippen LogP contribution in [0.15, 0.2) is 48.5 Å². The van der Waals surface area contributed by atoms with E-state index in [2.05, 4.69) is 15.6 Å². The lowest BCUT2D eigenvalue weighted by molar-refractivity contribution is 0.0978. The molecule has 0 saturated carbocycles. The van der Waals surface area contributed by atoms with Gasteiger partial charge in [-0.25, -0.2) is 4.98 Å². The summed E-state index contributed by atoms with van der Waals surface area (Å²) in [6, 6.07) is 14.2. The first-order valence-electron chi connectivity index (χ1n) is 6.02. The molecule has 0 saturated heterocycles. The fourth-order valence-electron chi connectivity index (χ4n) is 1.58. The maximum Gasteiger partial charge on any atom is 0.257 e. The second-order valence-corrected chi connectivity index (χ2v) is 4.40. The smallest absolute Gasteiger partial charge is 0.257 e. The molecular weight excluding hydrogens is 272 g/mol. The first kappa shape index (κ1) is 14.1. The van der Waals surface area contributed by atoms with Crippen molar-refractivity contribution in [1.29, 1.82) is 0 Å². The number of nitrogens with zero attached hydrogens (tertiary/aromatic N) is 1. The van der Waals surface area contributed by atoms with Crippen LogP contribution >= 0.6 is 12.2 Å². The van der Waals surface area contributed by atoms with Gasteiger partial charge in [-0.15, -0.1) is 0 Å². The molecule has 0 unspecified atom stereocenters. The van der Waals surface area contributed by atoms with Crippen LogP contribution in [-0.4, -0.2) is 16.0 Å². The van der Waals surface area contributed by atoms with Gasteiger partial charge in [-0.2, -0.15) is 0 Å². The Kier molecular flexibility index (Phi) is 4.75. The Morgan fingerprint density at radius 1 is 1.15 bits per heavy atom. The number of benzene rings is 1. The number of anilines is 1. The van der Waals surface area contributed by atoms with Gasteiger partial charge < -0.3 is 11.1 Å². The van der Waals surface area contributed by atoms with Crippen LogP contribution in [0.25, 0.3) is 0 Å². The van der Waals surface area contributed by atoms with Crippen LogP contribution in [-0.2, 0) is 6.54 Å². The van der Waals surface area contributed by atoms with Crippen molar-refractivity contribution in [3.63, 3.8) is 0 Å². The van der Waals surface area contributed by atoms with Crippen molar-refractivity contribution in [1.82, 2.24) is 10.3 Å².